The molecule has 1 rings (SSSR count). The molecule has 7 heteroatoms. The summed E-state index contributed by atoms with van der Waals surface area (Å²) in [6.45, 7) is 1.72. The van der Waals surface area contributed by atoms with E-state index in [0.717, 1.165) is 13.0 Å². The van der Waals surface area contributed by atoms with E-state index in [1.54, 1.807) is 4.90 Å². The molecule has 3 amide bonds. The summed E-state index contributed by atoms with van der Waals surface area (Å²) in [4.78, 5) is 37.2. The smallest absolute Gasteiger partial charge is 0.311 e. The van der Waals surface area contributed by atoms with Gasteiger partial charge in [0.1, 0.15) is 0 Å². The van der Waals surface area contributed by atoms with Crippen LogP contribution in [0, 0.1) is 0 Å². The van der Waals surface area contributed by atoms with Crippen molar-refractivity contribution in [3.8, 4) is 0 Å². The Morgan fingerprint density at radius 1 is 1.47 bits per heavy atom. The van der Waals surface area contributed by atoms with Gasteiger partial charge >= 0.3 is 11.8 Å². The second kappa shape index (κ2) is 7.73. The van der Waals surface area contributed by atoms with E-state index >= 15 is 0 Å². The van der Waals surface area contributed by atoms with Crippen LogP contribution in [0.2, 0.25) is 0 Å². The van der Waals surface area contributed by atoms with Gasteiger partial charge in [-0.25, -0.2) is 0 Å². The summed E-state index contributed by atoms with van der Waals surface area (Å²) < 4.78 is 0. The minimum Gasteiger partial charge on any atom is -0.395 e. The Balaban J connectivity index is 2.16. The number of likely N-dealkylation sites (tertiary alicyclic amines) is 1. The second-order valence-corrected chi connectivity index (χ2v) is 4.54. The Hall–Kier alpha value is -1.63. The zero-order chi connectivity index (χ0) is 14.3. The summed E-state index contributed by atoms with van der Waals surface area (Å²) in [5, 5.41) is 11.2. The summed E-state index contributed by atoms with van der Waals surface area (Å²) in [5.41, 5.74) is 0. The first-order chi connectivity index (χ1) is 9.06. The van der Waals surface area contributed by atoms with E-state index in [0.29, 0.717) is 25.9 Å². The summed E-state index contributed by atoms with van der Waals surface area (Å²) in [6, 6.07) is 0. The van der Waals surface area contributed by atoms with Crippen LogP contribution in [0.3, 0.4) is 0 Å². The van der Waals surface area contributed by atoms with Crippen LogP contribution < -0.4 is 5.32 Å². The number of aliphatic hydroxyl groups is 1. The predicted molar refractivity (Wildman–Crippen MR) is 68.2 cm³/mol. The van der Waals surface area contributed by atoms with Crippen molar-refractivity contribution in [2.24, 2.45) is 0 Å². The molecule has 2 N–H and O–H groups in total. The molecule has 0 aliphatic carbocycles. The highest BCUT2D eigenvalue weighted by Crippen LogP contribution is 2.09. The molecular formula is C12H21N3O4. The van der Waals surface area contributed by atoms with Crippen LogP contribution in [0.15, 0.2) is 0 Å². The number of nitrogens with zero attached hydrogens (tertiary/aromatic N) is 2. The summed E-state index contributed by atoms with van der Waals surface area (Å²) >= 11 is 0. The van der Waals surface area contributed by atoms with Crippen molar-refractivity contribution in [3.05, 3.63) is 0 Å². The van der Waals surface area contributed by atoms with Crippen molar-refractivity contribution < 1.29 is 19.5 Å². The maximum Gasteiger partial charge on any atom is 0.311 e. The molecule has 0 aromatic rings. The van der Waals surface area contributed by atoms with E-state index in [-0.39, 0.29) is 19.1 Å². The summed E-state index contributed by atoms with van der Waals surface area (Å²) in [6.07, 6.45) is 2.14. The van der Waals surface area contributed by atoms with Gasteiger partial charge in [-0.3, -0.25) is 14.4 Å². The molecule has 1 aliphatic rings. The molecule has 1 heterocycles. The Labute approximate surface area is 112 Å². The molecule has 0 aromatic carbocycles. The van der Waals surface area contributed by atoms with Crippen LogP contribution in [0.4, 0.5) is 0 Å². The van der Waals surface area contributed by atoms with Crippen molar-refractivity contribution in [2.45, 2.75) is 19.3 Å². The first-order valence-electron chi connectivity index (χ1n) is 6.48. The average Bonchev–Trinajstić information content (AvgIpc) is 2.79. The largest absolute Gasteiger partial charge is 0.395 e. The van der Waals surface area contributed by atoms with Crippen LogP contribution in [-0.4, -0.2) is 72.5 Å². The molecule has 1 aliphatic heterocycles. The number of hydrogen-bond donors (Lipinski definition) is 2. The third-order valence-electron chi connectivity index (χ3n) is 3.04. The van der Waals surface area contributed by atoms with Crippen molar-refractivity contribution in [3.63, 3.8) is 0 Å². The Kier molecular flexibility index (Phi) is 6.27. The van der Waals surface area contributed by atoms with Gasteiger partial charge in [-0.1, -0.05) is 0 Å². The molecule has 19 heavy (non-hydrogen) atoms. The van der Waals surface area contributed by atoms with Gasteiger partial charge in [0.25, 0.3) is 0 Å². The van der Waals surface area contributed by atoms with Gasteiger partial charge in [0.2, 0.25) is 5.91 Å². The monoisotopic (exact) mass is 271 g/mol. The third-order valence-corrected chi connectivity index (χ3v) is 3.04. The van der Waals surface area contributed by atoms with Crippen molar-refractivity contribution in [1.82, 2.24) is 15.1 Å². The quantitative estimate of drug-likeness (QED) is 0.457. The van der Waals surface area contributed by atoms with Gasteiger partial charge in [0, 0.05) is 39.6 Å². The lowest BCUT2D eigenvalue weighted by atomic mass is 10.3. The number of amides is 3. The molecule has 0 saturated carbocycles. The van der Waals surface area contributed by atoms with E-state index in [1.165, 1.54) is 11.9 Å². The maximum atomic E-state index is 11.5. The number of carbonyl (C=O) groups excluding carboxylic acids is 3. The Morgan fingerprint density at radius 3 is 2.79 bits per heavy atom. The zero-order valence-electron chi connectivity index (χ0n) is 11.2. The van der Waals surface area contributed by atoms with Crippen LogP contribution >= 0.6 is 0 Å². The number of rotatable bonds is 6. The highest BCUT2D eigenvalue weighted by molar-refractivity contribution is 6.34. The number of carbonyl (C=O) groups is 3. The van der Waals surface area contributed by atoms with Crippen LogP contribution in [0.5, 0.6) is 0 Å². The van der Waals surface area contributed by atoms with Crippen molar-refractivity contribution in [2.75, 3.05) is 39.8 Å². The highest BCUT2D eigenvalue weighted by atomic mass is 16.3. The first-order valence-corrected chi connectivity index (χ1v) is 6.48. The lowest BCUT2D eigenvalue weighted by Gasteiger charge is -2.16. The second-order valence-electron chi connectivity index (χ2n) is 4.54. The lowest BCUT2D eigenvalue weighted by molar-refractivity contribution is -0.145. The fourth-order valence-corrected chi connectivity index (χ4v) is 1.91. The molecule has 0 bridgehead atoms. The lowest BCUT2D eigenvalue weighted by Crippen LogP contribution is -2.42. The third kappa shape index (κ3) is 4.86. The standard InChI is InChI=1S/C12H21N3O4/c1-14(8-9-16)12(19)11(18)13-5-3-7-15-6-2-4-10(15)17/h16H,2-9H2,1H3,(H,13,18). The molecule has 0 spiro atoms. The Bertz CT molecular complexity index is 346. The van der Waals surface area contributed by atoms with Crippen LogP contribution in [-0.2, 0) is 14.4 Å². The summed E-state index contributed by atoms with van der Waals surface area (Å²) in [7, 11) is 1.46. The average molecular weight is 271 g/mol. The maximum absolute atomic E-state index is 11.5. The molecule has 7 nitrogen and oxygen atoms in total. The number of likely N-dealkylation sites (N-methyl/N-ethyl adjacent to an activating group) is 1. The fraction of sp³-hybridized carbons (Fsp3) is 0.750. The molecular weight excluding hydrogens is 250 g/mol. The van der Waals surface area contributed by atoms with Crippen molar-refractivity contribution >= 4 is 17.7 Å². The minimum absolute atomic E-state index is 0.133. The van der Waals surface area contributed by atoms with E-state index in [9.17, 15) is 14.4 Å². The number of aliphatic hydroxyl groups excluding tert-OH is 1. The van der Waals surface area contributed by atoms with Crippen LogP contribution in [0.1, 0.15) is 19.3 Å². The van der Waals surface area contributed by atoms with Gasteiger partial charge in [-0.15, -0.1) is 0 Å². The van der Waals surface area contributed by atoms with E-state index < -0.39 is 11.8 Å². The van der Waals surface area contributed by atoms with Gasteiger partial charge < -0.3 is 20.2 Å². The highest BCUT2D eigenvalue weighted by Gasteiger charge is 2.20. The SMILES string of the molecule is CN(CCO)C(=O)C(=O)NCCCN1CCCC1=O. The topological polar surface area (TPSA) is 89.9 Å². The van der Waals surface area contributed by atoms with Gasteiger partial charge in [0.15, 0.2) is 0 Å². The van der Waals surface area contributed by atoms with Gasteiger partial charge in [-0.2, -0.15) is 0 Å². The zero-order valence-corrected chi connectivity index (χ0v) is 11.2. The van der Waals surface area contributed by atoms with E-state index in [4.69, 9.17) is 5.11 Å². The molecule has 0 radical (unpaired) electrons. The van der Waals surface area contributed by atoms with E-state index in [1.807, 2.05) is 0 Å². The molecule has 1 saturated heterocycles. The summed E-state index contributed by atoms with van der Waals surface area (Å²) in [5.74, 6) is -1.18. The first kappa shape index (κ1) is 15.4. The van der Waals surface area contributed by atoms with Gasteiger partial charge in [0.05, 0.1) is 6.61 Å². The van der Waals surface area contributed by atoms with Crippen LogP contribution in [0.25, 0.3) is 0 Å². The minimum atomic E-state index is -0.677. The fourth-order valence-electron chi connectivity index (χ4n) is 1.91. The normalized spacial score (nSPS) is 14.6. The van der Waals surface area contributed by atoms with Crippen molar-refractivity contribution in [1.29, 1.82) is 0 Å². The molecule has 0 unspecified atom stereocenters. The molecule has 0 atom stereocenters. The van der Waals surface area contributed by atoms with Gasteiger partial charge in [-0.05, 0) is 12.8 Å². The molecule has 0 aromatic heterocycles. The Morgan fingerprint density at radius 2 is 2.21 bits per heavy atom. The molecule has 1 fully saturated rings. The molecule has 108 valence electrons. The number of hydrogen-bond acceptors (Lipinski definition) is 4. The van der Waals surface area contributed by atoms with E-state index in [2.05, 4.69) is 5.32 Å². The number of nitrogens with one attached hydrogen (secondary N) is 1. The predicted octanol–water partition coefficient (Wildman–Crippen LogP) is -1.43.